The van der Waals surface area contributed by atoms with E-state index in [-0.39, 0.29) is 16.9 Å². The number of amidine groups is 1. The lowest BCUT2D eigenvalue weighted by atomic mass is 9.84. The number of hydrogen-bond donors (Lipinski definition) is 2. The minimum atomic E-state index is -1.99. The van der Waals surface area contributed by atoms with Crippen LogP contribution >= 0.6 is 0 Å². The number of aliphatic imine (C=N–C) groups is 1. The number of nitrogens with one attached hydrogen (secondary N) is 1. The highest BCUT2D eigenvalue weighted by Crippen LogP contribution is 2.39. The number of rotatable bonds is 4. The molecule has 3 N–H and O–H groups in total. The second-order valence-electron chi connectivity index (χ2n) is 6.21. The smallest absolute Gasteiger partial charge is 0.283 e. The van der Waals surface area contributed by atoms with Crippen molar-refractivity contribution in [1.82, 2.24) is 4.98 Å². The number of anilines is 1. The van der Waals surface area contributed by atoms with Crippen LogP contribution in [0.2, 0.25) is 0 Å². The minimum absolute atomic E-state index is 0.0266. The van der Waals surface area contributed by atoms with Gasteiger partial charge < -0.3 is 20.2 Å². The molecular weight excluding hydrogens is 365 g/mol. The molecule has 144 valence electrons. The van der Waals surface area contributed by atoms with Crippen molar-refractivity contribution in [2.45, 2.75) is 31.7 Å². The van der Waals surface area contributed by atoms with Crippen LogP contribution in [0.15, 0.2) is 33.9 Å². The SMILES string of the molecule is Cc1nc(C(=O)Nc2ccc(F)c([C@@]3(C)N=C(N)O[C@H](CF)[C@@H]3F)c2)co1. The Morgan fingerprint density at radius 1 is 1.44 bits per heavy atom. The Morgan fingerprint density at radius 2 is 2.19 bits per heavy atom. The van der Waals surface area contributed by atoms with Gasteiger partial charge in [0, 0.05) is 18.2 Å². The van der Waals surface area contributed by atoms with Gasteiger partial charge in [-0.1, -0.05) is 0 Å². The number of benzene rings is 1. The largest absolute Gasteiger partial charge is 0.456 e. The van der Waals surface area contributed by atoms with Gasteiger partial charge in [0.1, 0.15) is 24.3 Å². The Labute approximate surface area is 152 Å². The number of hydrogen-bond acceptors (Lipinski definition) is 6. The van der Waals surface area contributed by atoms with Gasteiger partial charge in [0.2, 0.25) is 0 Å². The van der Waals surface area contributed by atoms with E-state index in [2.05, 4.69) is 15.3 Å². The van der Waals surface area contributed by atoms with Crippen LogP contribution in [0.4, 0.5) is 18.9 Å². The summed E-state index contributed by atoms with van der Waals surface area (Å²) in [6.45, 7) is 1.70. The van der Waals surface area contributed by atoms with Crippen LogP contribution in [0.5, 0.6) is 0 Å². The highest BCUT2D eigenvalue weighted by molar-refractivity contribution is 6.02. The van der Waals surface area contributed by atoms with E-state index in [1.165, 1.54) is 25.3 Å². The fourth-order valence-electron chi connectivity index (χ4n) is 2.87. The fourth-order valence-corrected chi connectivity index (χ4v) is 2.87. The molecule has 0 fully saturated rings. The third kappa shape index (κ3) is 3.46. The van der Waals surface area contributed by atoms with Gasteiger partial charge >= 0.3 is 0 Å². The summed E-state index contributed by atoms with van der Waals surface area (Å²) < 4.78 is 52.1. The minimum Gasteiger partial charge on any atom is -0.456 e. The Hall–Kier alpha value is -3.04. The van der Waals surface area contributed by atoms with Crippen LogP contribution < -0.4 is 11.1 Å². The average molecular weight is 382 g/mol. The van der Waals surface area contributed by atoms with Gasteiger partial charge in [-0.2, -0.15) is 0 Å². The molecule has 1 aliphatic heterocycles. The molecule has 2 aromatic rings. The quantitative estimate of drug-likeness (QED) is 0.846. The van der Waals surface area contributed by atoms with Crippen LogP contribution in [0.3, 0.4) is 0 Å². The summed E-state index contributed by atoms with van der Waals surface area (Å²) in [4.78, 5) is 19.9. The van der Waals surface area contributed by atoms with Crippen molar-refractivity contribution in [1.29, 1.82) is 0 Å². The second kappa shape index (κ2) is 6.93. The van der Waals surface area contributed by atoms with Gasteiger partial charge in [0.05, 0.1) is 0 Å². The van der Waals surface area contributed by atoms with E-state index in [9.17, 15) is 18.0 Å². The maximum Gasteiger partial charge on any atom is 0.283 e. The maximum atomic E-state index is 14.8. The number of nitrogens with two attached hydrogens (primary N) is 1. The predicted octanol–water partition coefficient (Wildman–Crippen LogP) is 2.61. The van der Waals surface area contributed by atoms with Gasteiger partial charge in [-0.05, 0) is 25.1 Å². The van der Waals surface area contributed by atoms with Gasteiger partial charge in [-0.25, -0.2) is 23.1 Å². The fraction of sp³-hybridized carbons (Fsp3) is 0.353. The van der Waals surface area contributed by atoms with Crippen molar-refractivity contribution in [2.24, 2.45) is 10.7 Å². The normalized spacial score (nSPS) is 24.9. The molecule has 0 spiro atoms. The molecule has 0 saturated carbocycles. The number of alkyl halides is 2. The number of carbonyl (C=O) groups is 1. The van der Waals surface area contributed by atoms with Gasteiger partial charge in [-0.15, -0.1) is 0 Å². The van der Waals surface area contributed by atoms with Crippen LogP contribution in [0, 0.1) is 12.7 Å². The highest BCUT2D eigenvalue weighted by Gasteiger charge is 2.48. The first-order valence-corrected chi connectivity index (χ1v) is 8.00. The third-order valence-corrected chi connectivity index (χ3v) is 4.25. The molecular formula is C17H17F3N4O3. The summed E-state index contributed by atoms with van der Waals surface area (Å²) in [7, 11) is 0. The van der Waals surface area contributed by atoms with Gasteiger partial charge in [-0.3, -0.25) is 4.79 Å². The lowest BCUT2D eigenvalue weighted by Gasteiger charge is -2.37. The number of amides is 1. The zero-order valence-electron chi connectivity index (χ0n) is 14.5. The number of aromatic nitrogens is 1. The zero-order valence-corrected chi connectivity index (χ0v) is 14.5. The Bertz CT molecular complexity index is 901. The van der Waals surface area contributed by atoms with Gasteiger partial charge in [0.25, 0.3) is 11.9 Å². The molecule has 0 bridgehead atoms. The second-order valence-corrected chi connectivity index (χ2v) is 6.21. The van der Waals surface area contributed by atoms with Crippen molar-refractivity contribution in [2.75, 3.05) is 12.0 Å². The molecule has 7 nitrogen and oxygen atoms in total. The molecule has 3 rings (SSSR count). The first-order chi connectivity index (χ1) is 12.7. The Morgan fingerprint density at radius 3 is 2.81 bits per heavy atom. The molecule has 27 heavy (non-hydrogen) atoms. The van der Waals surface area contributed by atoms with E-state index in [1.54, 1.807) is 6.92 Å². The molecule has 1 amide bonds. The van der Waals surface area contributed by atoms with E-state index in [0.717, 1.165) is 6.07 Å². The standard InChI is InChI=1S/C17H17F3N4O3/c1-8-22-12(7-26-8)15(25)23-9-3-4-11(19)10(5-9)17(2)14(20)13(6-18)27-16(21)24-17/h3-5,7,13-14H,6H2,1-2H3,(H2,21,24)(H,23,25)/t13-,14+,17-/m1/s1. The van der Waals surface area contributed by atoms with Crippen LogP contribution in [0.1, 0.15) is 28.9 Å². The molecule has 1 aromatic carbocycles. The van der Waals surface area contributed by atoms with E-state index >= 15 is 0 Å². The first kappa shape index (κ1) is 18.7. The van der Waals surface area contributed by atoms with Crippen LogP contribution in [-0.4, -0.2) is 35.9 Å². The maximum absolute atomic E-state index is 14.8. The number of nitrogens with zero attached hydrogens (tertiary/aromatic N) is 2. The summed E-state index contributed by atoms with van der Waals surface area (Å²) in [5, 5.41) is 2.51. The number of oxazole rings is 1. The van der Waals surface area contributed by atoms with E-state index in [0.29, 0.717) is 5.89 Å². The molecule has 0 saturated heterocycles. The molecule has 0 radical (unpaired) electrons. The molecule has 1 aromatic heterocycles. The summed E-state index contributed by atoms with van der Waals surface area (Å²) in [6.07, 6.45) is -2.33. The zero-order chi connectivity index (χ0) is 19.8. The number of carbonyl (C=O) groups excluding carboxylic acids is 1. The van der Waals surface area contributed by atoms with Crippen molar-refractivity contribution in [3.8, 4) is 0 Å². The molecule has 1 aliphatic rings. The number of aryl methyl sites for hydroxylation is 1. The van der Waals surface area contributed by atoms with Crippen LogP contribution in [-0.2, 0) is 10.3 Å². The average Bonchev–Trinajstić information content (AvgIpc) is 3.06. The van der Waals surface area contributed by atoms with Crippen molar-refractivity contribution >= 4 is 17.6 Å². The molecule has 0 unspecified atom stereocenters. The third-order valence-electron chi connectivity index (χ3n) is 4.25. The highest BCUT2D eigenvalue weighted by atomic mass is 19.1. The summed E-state index contributed by atoms with van der Waals surface area (Å²) in [5.74, 6) is -1.08. The van der Waals surface area contributed by atoms with Crippen molar-refractivity contribution < 1.29 is 27.1 Å². The van der Waals surface area contributed by atoms with Gasteiger partial charge in [0.15, 0.2) is 23.9 Å². The van der Waals surface area contributed by atoms with E-state index in [4.69, 9.17) is 14.9 Å². The first-order valence-electron chi connectivity index (χ1n) is 8.00. The van der Waals surface area contributed by atoms with E-state index < -0.39 is 42.2 Å². The molecule has 2 heterocycles. The van der Waals surface area contributed by atoms with Crippen molar-refractivity contribution in [3.63, 3.8) is 0 Å². The lowest BCUT2D eigenvalue weighted by molar-refractivity contribution is 0.00453. The molecule has 0 aliphatic carbocycles. The number of halogens is 3. The van der Waals surface area contributed by atoms with E-state index in [1.807, 2.05) is 0 Å². The lowest BCUT2D eigenvalue weighted by Crippen LogP contribution is -2.50. The monoisotopic (exact) mass is 382 g/mol. The molecule has 3 atom stereocenters. The Balaban J connectivity index is 1.95. The van der Waals surface area contributed by atoms with Crippen molar-refractivity contribution in [3.05, 3.63) is 47.4 Å². The topological polar surface area (TPSA) is 103 Å². The predicted molar refractivity (Wildman–Crippen MR) is 90.3 cm³/mol. The summed E-state index contributed by atoms with van der Waals surface area (Å²) >= 11 is 0. The Kier molecular flexibility index (Phi) is 4.81. The molecule has 10 heteroatoms. The summed E-state index contributed by atoms with van der Waals surface area (Å²) in [6, 6.07) is 3.10. The summed E-state index contributed by atoms with van der Waals surface area (Å²) in [5.41, 5.74) is 3.68. The number of ether oxygens (including phenoxy) is 1. The van der Waals surface area contributed by atoms with Crippen LogP contribution in [0.25, 0.3) is 0 Å².